The van der Waals surface area contributed by atoms with Gasteiger partial charge in [-0.15, -0.1) is 11.3 Å². The van der Waals surface area contributed by atoms with E-state index in [4.69, 9.17) is 5.73 Å². The molecule has 1 aliphatic carbocycles. The number of ketones is 1. The number of Topliss-reactive ketones (excluding diaryl/α,β-unsaturated/α-hetero) is 1. The van der Waals surface area contributed by atoms with Crippen LogP contribution in [0.1, 0.15) is 36.7 Å². The Bertz CT molecular complexity index is 336. The van der Waals surface area contributed by atoms with Gasteiger partial charge in [-0.1, -0.05) is 13.3 Å². The molecule has 2 unspecified atom stereocenters. The first-order chi connectivity index (χ1) is 6.64. The molecule has 3 nitrogen and oxygen atoms in total. The van der Waals surface area contributed by atoms with Crippen LogP contribution in [0.25, 0.3) is 0 Å². The minimum Gasteiger partial charge on any atom is -0.327 e. The van der Waals surface area contributed by atoms with Crippen LogP contribution < -0.4 is 5.73 Å². The summed E-state index contributed by atoms with van der Waals surface area (Å²) in [5.41, 5.74) is 7.86. The van der Waals surface area contributed by atoms with Crippen LogP contribution in [0, 0.1) is 5.41 Å². The topological polar surface area (TPSA) is 56.0 Å². The van der Waals surface area contributed by atoms with Crippen LogP contribution in [-0.4, -0.2) is 16.8 Å². The summed E-state index contributed by atoms with van der Waals surface area (Å²) >= 11 is 1.45. The molecule has 2 atom stereocenters. The second-order valence-corrected chi connectivity index (χ2v) is 4.84. The van der Waals surface area contributed by atoms with Crippen molar-refractivity contribution in [1.82, 2.24) is 4.98 Å². The number of nitrogens with two attached hydrogens (primary N) is 1. The van der Waals surface area contributed by atoms with Crippen molar-refractivity contribution in [3.05, 3.63) is 16.6 Å². The molecule has 0 aromatic carbocycles. The third-order valence-corrected chi connectivity index (χ3v) is 3.80. The fraction of sp³-hybridized carbons (Fsp3) is 0.600. The number of hydrogen-bond acceptors (Lipinski definition) is 4. The van der Waals surface area contributed by atoms with Gasteiger partial charge in [-0.25, -0.2) is 4.98 Å². The van der Waals surface area contributed by atoms with Gasteiger partial charge in [0.15, 0.2) is 5.78 Å². The summed E-state index contributed by atoms with van der Waals surface area (Å²) in [4.78, 5) is 16.2. The van der Waals surface area contributed by atoms with Gasteiger partial charge in [-0.2, -0.15) is 0 Å². The van der Waals surface area contributed by atoms with Crippen LogP contribution in [0.2, 0.25) is 0 Å². The lowest BCUT2D eigenvalue weighted by Crippen LogP contribution is -2.41. The Labute approximate surface area is 87.3 Å². The fourth-order valence-electron chi connectivity index (χ4n) is 2.09. The zero-order chi connectivity index (χ0) is 10.2. The summed E-state index contributed by atoms with van der Waals surface area (Å²) in [5.74, 6) is 0.115. The smallest absolute Gasteiger partial charge is 0.189 e. The van der Waals surface area contributed by atoms with Crippen molar-refractivity contribution in [2.24, 2.45) is 11.1 Å². The minimum atomic E-state index is -0.381. The molecule has 0 amide bonds. The molecule has 1 aromatic rings. The SMILES string of the molecule is CC1(C(=O)c2cscn2)CCCC1N. The van der Waals surface area contributed by atoms with Gasteiger partial charge in [-0.05, 0) is 12.8 Å². The van der Waals surface area contributed by atoms with Crippen molar-refractivity contribution in [1.29, 1.82) is 0 Å². The molecule has 1 saturated carbocycles. The molecule has 0 radical (unpaired) electrons. The molecule has 1 aromatic heterocycles. The van der Waals surface area contributed by atoms with Gasteiger partial charge in [0.25, 0.3) is 0 Å². The molecule has 0 aliphatic heterocycles. The standard InChI is InChI=1S/C10H14N2OS/c1-10(4-2-3-8(10)11)9(13)7-5-14-6-12-7/h5-6,8H,2-4,11H2,1H3. The molecule has 2 N–H and O–H groups in total. The maximum atomic E-state index is 12.1. The van der Waals surface area contributed by atoms with Crippen LogP contribution in [-0.2, 0) is 0 Å². The lowest BCUT2D eigenvalue weighted by atomic mass is 9.80. The van der Waals surface area contributed by atoms with Crippen molar-refractivity contribution in [3.8, 4) is 0 Å². The van der Waals surface area contributed by atoms with Gasteiger partial charge in [0, 0.05) is 16.8 Å². The predicted molar refractivity (Wildman–Crippen MR) is 56.4 cm³/mol. The number of rotatable bonds is 2. The number of nitrogens with zero attached hydrogens (tertiary/aromatic N) is 1. The Morgan fingerprint density at radius 1 is 1.79 bits per heavy atom. The third kappa shape index (κ3) is 1.38. The van der Waals surface area contributed by atoms with Gasteiger partial charge >= 0.3 is 0 Å². The van der Waals surface area contributed by atoms with Crippen molar-refractivity contribution in [2.45, 2.75) is 32.2 Å². The molecule has 1 heterocycles. The molecule has 1 aliphatic rings. The van der Waals surface area contributed by atoms with E-state index >= 15 is 0 Å². The number of carbonyl (C=O) groups is 1. The number of hydrogen-bond donors (Lipinski definition) is 1. The summed E-state index contributed by atoms with van der Waals surface area (Å²) < 4.78 is 0. The second kappa shape index (κ2) is 3.44. The van der Waals surface area contributed by atoms with Crippen LogP contribution in [0.3, 0.4) is 0 Å². The minimum absolute atomic E-state index is 0.00306. The second-order valence-electron chi connectivity index (χ2n) is 4.12. The van der Waals surface area contributed by atoms with E-state index in [0.717, 1.165) is 19.3 Å². The Morgan fingerprint density at radius 2 is 2.57 bits per heavy atom. The number of carbonyl (C=O) groups excluding carboxylic acids is 1. The summed E-state index contributed by atoms with van der Waals surface area (Å²) in [5, 5.41) is 1.80. The van der Waals surface area contributed by atoms with Crippen LogP contribution >= 0.6 is 11.3 Å². The maximum Gasteiger partial charge on any atom is 0.189 e. The van der Waals surface area contributed by atoms with Crippen molar-refractivity contribution in [3.63, 3.8) is 0 Å². The average Bonchev–Trinajstić information content (AvgIpc) is 2.77. The van der Waals surface area contributed by atoms with E-state index in [9.17, 15) is 4.79 Å². The summed E-state index contributed by atoms with van der Waals surface area (Å²) in [7, 11) is 0. The van der Waals surface area contributed by atoms with E-state index < -0.39 is 0 Å². The highest BCUT2D eigenvalue weighted by Crippen LogP contribution is 2.39. The Morgan fingerprint density at radius 3 is 3.07 bits per heavy atom. The first kappa shape index (κ1) is 9.80. The molecule has 0 bridgehead atoms. The quantitative estimate of drug-likeness (QED) is 0.758. The zero-order valence-electron chi connectivity index (χ0n) is 8.19. The molecule has 1 fully saturated rings. The van der Waals surface area contributed by atoms with E-state index in [2.05, 4.69) is 4.98 Å². The van der Waals surface area contributed by atoms with Crippen LogP contribution in [0.4, 0.5) is 0 Å². The molecule has 76 valence electrons. The molecular formula is C10H14N2OS. The van der Waals surface area contributed by atoms with E-state index in [1.54, 1.807) is 10.9 Å². The van der Waals surface area contributed by atoms with Crippen molar-refractivity contribution < 1.29 is 4.79 Å². The molecular weight excluding hydrogens is 196 g/mol. The largest absolute Gasteiger partial charge is 0.327 e. The number of thiazole rings is 1. The lowest BCUT2D eigenvalue weighted by molar-refractivity contribution is 0.0798. The first-order valence-corrected chi connectivity index (χ1v) is 5.77. The molecule has 4 heteroatoms. The van der Waals surface area contributed by atoms with Gasteiger partial charge in [0.05, 0.1) is 5.51 Å². The van der Waals surface area contributed by atoms with Gasteiger partial charge < -0.3 is 5.73 Å². The van der Waals surface area contributed by atoms with Crippen molar-refractivity contribution >= 4 is 17.1 Å². The highest BCUT2D eigenvalue weighted by atomic mass is 32.1. The van der Waals surface area contributed by atoms with Gasteiger partial charge in [0.1, 0.15) is 5.69 Å². The predicted octanol–water partition coefficient (Wildman–Crippen LogP) is 1.84. The van der Waals surface area contributed by atoms with Gasteiger partial charge in [0.2, 0.25) is 0 Å². The van der Waals surface area contributed by atoms with Gasteiger partial charge in [-0.3, -0.25) is 4.79 Å². The number of aromatic nitrogens is 1. The highest BCUT2D eigenvalue weighted by Gasteiger charge is 2.43. The Kier molecular flexibility index (Phi) is 2.41. The van der Waals surface area contributed by atoms with E-state index in [-0.39, 0.29) is 17.2 Å². The Balaban J connectivity index is 2.27. The fourth-order valence-corrected chi connectivity index (χ4v) is 2.62. The summed E-state index contributed by atoms with van der Waals surface area (Å²) in [6.45, 7) is 1.96. The first-order valence-electron chi connectivity index (χ1n) is 4.83. The molecule has 14 heavy (non-hydrogen) atoms. The van der Waals surface area contributed by atoms with Crippen LogP contribution in [0.5, 0.6) is 0 Å². The highest BCUT2D eigenvalue weighted by molar-refractivity contribution is 7.07. The monoisotopic (exact) mass is 210 g/mol. The average molecular weight is 210 g/mol. The van der Waals surface area contributed by atoms with Crippen molar-refractivity contribution in [2.75, 3.05) is 0 Å². The lowest BCUT2D eigenvalue weighted by Gasteiger charge is -2.26. The third-order valence-electron chi connectivity index (χ3n) is 3.21. The molecule has 0 spiro atoms. The van der Waals surface area contributed by atoms with E-state index in [1.165, 1.54) is 11.3 Å². The Hall–Kier alpha value is -0.740. The van der Waals surface area contributed by atoms with Crippen LogP contribution in [0.15, 0.2) is 10.9 Å². The summed E-state index contributed by atoms with van der Waals surface area (Å²) in [6.07, 6.45) is 2.89. The normalized spacial score (nSPS) is 32.0. The summed E-state index contributed by atoms with van der Waals surface area (Å²) in [6, 6.07) is -0.00306. The van der Waals surface area contributed by atoms with E-state index in [0.29, 0.717) is 5.69 Å². The zero-order valence-corrected chi connectivity index (χ0v) is 9.01. The molecule has 2 rings (SSSR count). The van der Waals surface area contributed by atoms with E-state index in [1.807, 2.05) is 6.92 Å². The molecule has 0 saturated heterocycles. The maximum absolute atomic E-state index is 12.1.